The van der Waals surface area contributed by atoms with Crippen LogP contribution < -0.4 is 105 Å². The Bertz CT molecular complexity index is 9170. The van der Waals surface area contributed by atoms with E-state index in [0.717, 1.165) is 121 Å². The van der Waals surface area contributed by atoms with Gasteiger partial charge < -0.3 is 39.2 Å². The van der Waals surface area contributed by atoms with Crippen molar-refractivity contribution in [3.05, 3.63) is 358 Å². The summed E-state index contributed by atoms with van der Waals surface area (Å²) in [6.45, 7) is 23.8. The van der Waals surface area contributed by atoms with E-state index in [0.29, 0.717) is 24.8 Å². The fourth-order valence-corrected chi connectivity index (χ4v) is 35.5. The molecule has 0 saturated heterocycles. The van der Waals surface area contributed by atoms with Crippen molar-refractivity contribution >= 4 is 270 Å². The topological polar surface area (TPSA) is 25.9 Å². The molecule has 12 heteroatoms. The lowest BCUT2D eigenvalue weighted by atomic mass is 9.33. The summed E-state index contributed by atoms with van der Waals surface area (Å²) in [5.74, 6) is 3.39. The molecule has 0 aromatic heterocycles. The highest BCUT2D eigenvalue weighted by Gasteiger charge is 2.57. The van der Waals surface area contributed by atoms with Crippen LogP contribution in [0.25, 0.3) is 86.2 Å². The largest absolute Gasteiger partial charge is 0.342 e. The van der Waals surface area contributed by atoms with Gasteiger partial charge in [0.05, 0.1) is 0 Å². The van der Waals surface area contributed by atoms with Gasteiger partial charge in [0.2, 0.25) is 0 Å². The number of benzene rings is 20. The summed E-state index contributed by atoms with van der Waals surface area (Å²) in [5.41, 5.74) is 61.0. The highest BCUT2D eigenvalue weighted by molar-refractivity contribution is 7.03. The number of nitrogens with zero attached hydrogens (tertiary/aromatic N) is 8. The molecule has 4 bridgehead atoms. The Kier molecular flexibility index (Phi) is 16.6. The maximum Gasteiger partial charge on any atom is 0.252 e. The minimum atomic E-state index is 0.0967. The van der Waals surface area contributed by atoms with Crippen molar-refractivity contribution in [2.24, 2.45) is 17.8 Å². The first-order valence-electron chi connectivity index (χ1n) is 56.9. The summed E-state index contributed by atoms with van der Waals surface area (Å²) < 4.78 is 0. The van der Waals surface area contributed by atoms with Crippen molar-refractivity contribution < 1.29 is 0 Å². The Hall–Kier alpha value is -14.9. The van der Waals surface area contributed by atoms with Crippen molar-refractivity contribution in [1.29, 1.82) is 0 Å². The second-order valence-electron chi connectivity index (χ2n) is 49.7. The molecule has 0 amide bonds. The molecular formula is C138H114B4N8. The SMILES string of the molecule is CC(C)(C)c1cc2c3c(c1)N1CCc4c1c(cc1ccccc41)B3c1cc3ccccc3c3c1N2CC3.CC(C)c1cc2c3c(c1)N1CCc4c1c(cc1ccccc41)B3c1cc3ccccc3c3c1N2CC3.Cc1cc2c3c(c1)N1CCc4c1c(cc1ccccc41)B3c1cc3ccccc3c3c1N2CC3.c1ccc2c3c4c(cc2c1)B1c2cc5ccccc5c5c2N(CC5)c2cc(C56CC7CC(CC(C7)C5)C6)cc(c21)N4CC3. The zero-order valence-corrected chi connectivity index (χ0v) is 86.5. The van der Waals surface area contributed by atoms with E-state index in [-0.39, 0.29) is 18.8 Å². The predicted molar refractivity (Wildman–Crippen MR) is 639 cm³/mol. The molecule has 40 rings (SSSR count). The molecule has 718 valence electrons. The molecule has 20 aromatic carbocycles. The fraction of sp³-hybridized carbons (Fsp3) is 0.246. The third kappa shape index (κ3) is 11.0. The van der Waals surface area contributed by atoms with Crippen molar-refractivity contribution in [2.75, 3.05) is 91.6 Å². The van der Waals surface area contributed by atoms with Crippen LogP contribution in [0.3, 0.4) is 0 Å². The smallest absolute Gasteiger partial charge is 0.252 e. The third-order valence-corrected chi connectivity index (χ3v) is 41.0. The van der Waals surface area contributed by atoms with Gasteiger partial charge in [-0.1, -0.05) is 277 Å². The van der Waals surface area contributed by atoms with Crippen LogP contribution >= 0.6 is 0 Å². The average Bonchev–Trinajstić information content (AvgIpc) is 1.42. The number of hydrogen-bond acceptors (Lipinski definition) is 8. The Morgan fingerprint density at radius 3 is 0.647 bits per heavy atom. The molecule has 20 aliphatic rings. The van der Waals surface area contributed by atoms with Crippen LogP contribution in [0.5, 0.6) is 0 Å². The van der Waals surface area contributed by atoms with E-state index in [1.54, 1.807) is 77.8 Å². The lowest BCUT2D eigenvalue weighted by molar-refractivity contribution is -0.00514. The maximum absolute atomic E-state index is 2.78. The van der Waals surface area contributed by atoms with Crippen LogP contribution in [0.15, 0.2) is 291 Å². The highest BCUT2D eigenvalue weighted by Crippen LogP contribution is 2.63. The average molecular weight is 1930 g/mol. The number of fused-ring (bicyclic) bond motifs is 32. The second-order valence-corrected chi connectivity index (χ2v) is 49.7. The molecule has 4 fully saturated rings. The Balaban J connectivity index is 0.0000000825. The monoisotopic (exact) mass is 1930 g/mol. The molecule has 16 heterocycles. The van der Waals surface area contributed by atoms with Crippen LogP contribution in [-0.2, 0) is 62.2 Å². The number of aryl methyl sites for hydroxylation is 1. The van der Waals surface area contributed by atoms with E-state index in [4.69, 9.17) is 0 Å². The minimum absolute atomic E-state index is 0.0967. The lowest BCUT2D eigenvalue weighted by Crippen LogP contribution is -2.62. The van der Waals surface area contributed by atoms with Gasteiger partial charge in [-0.15, -0.1) is 0 Å². The number of rotatable bonds is 2. The molecule has 8 nitrogen and oxygen atoms in total. The molecule has 4 saturated carbocycles. The van der Waals surface area contributed by atoms with Gasteiger partial charge in [0.15, 0.2) is 0 Å². The summed E-state index contributed by atoms with van der Waals surface area (Å²) in [5, 5.41) is 22.6. The van der Waals surface area contributed by atoms with Gasteiger partial charge in [0, 0.05) is 143 Å². The molecule has 20 aromatic rings. The molecule has 16 aliphatic heterocycles. The molecule has 0 unspecified atom stereocenters. The fourth-order valence-electron chi connectivity index (χ4n) is 35.5. The zero-order chi connectivity index (χ0) is 98.1. The standard InChI is InChI=1S/C40H35BN2.C34H29BN2.C33H27BN2.C31H23BN2/c1-3-7-29-26(5-1)16-33-38-31(29)9-11-42(38)35-18-28(40-20-23-13-24(21-40)15-25(14-23)22-40)19-36-37(35)41(33)34-17-27-6-2-4-8-30(27)32-10-12-43(36)39(32)34;1-34(2,3)22-18-29-31-30(19-22)37-15-13-26-24-11-7-5-9-21(24)17-28(33(26)37)35(31)27-16-20-8-4-6-10-23(20)25-12-14-36(29)32(25)27;1-19(2)22-17-29-31-30(18-22)36-14-12-26-24-10-6-4-8-21(24)16-28(33(26)36)34(31)27-15-20-7-3-5-9-23(20)25-11-13-35(29)32(25)27;1-18-14-27-29-28(15-18)34-13-11-24-22-9-5-3-7-20(22)17-26(31(24)34)32(29)25-16-19-6-2-4-8-21(19)23-10-12-33(27)30(23)25/h1-8,16-19,23-25H,9-15,20-22H2;4-11,16-19H,12-15H2,1-3H3;3-10,15-19H,11-14H2,1-2H3;2-9,14-17H,10-13H2,1H3. The van der Waals surface area contributed by atoms with E-state index >= 15 is 0 Å². The van der Waals surface area contributed by atoms with Crippen LogP contribution in [0.1, 0.15) is 146 Å². The molecular weight excluding hydrogens is 1810 g/mol. The van der Waals surface area contributed by atoms with Crippen molar-refractivity contribution in [3.8, 4) is 0 Å². The van der Waals surface area contributed by atoms with E-state index < -0.39 is 0 Å². The lowest BCUT2D eigenvalue weighted by Gasteiger charge is -2.57. The van der Waals surface area contributed by atoms with Crippen LogP contribution in [0.4, 0.5) is 91.0 Å². The first-order chi connectivity index (χ1) is 73.7. The Morgan fingerprint density at radius 1 is 0.247 bits per heavy atom. The Morgan fingerprint density at radius 2 is 0.440 bits per heavy atom. The normalized spacial score (nSPS) is 19.7. The summed E-state index contributed by atoms with van der Waals surface area (Å²) >= 11 is 0. The van der Waals surface area contributed by atoms with Crippen LogP contribution in [0.2, 0.25) is 0 Å². The summed E-state index contributed by atoms with van der Waals surface area (Å²) in [7, 11) is 0. The quantitative estimate of drug-likeness (QED) is 0.158. The number of anilines is 16. The first kappa shape index (κ1) is 84.0. The van der Waals surface area contributed by atoms with Crippen molar-refractivity contribution in [3.63, 3.8) is 0 Å². The van der Waals surface area contributed by atoms with E-state index in [2.05, 4.69) is 372 Å². The van der Waals surface area contributed by atoms with E-state index in [9.17, 15) is 0 Å². The maximum atomic E-state index is 2.78. The summed E-state index contributed by atoms with van der Waals surface area (Å²) in [6, 6.07) is 113. The molecule has 0 spiro atoms. The summed E-state index contributed by atoms with van der Waals surface area (Å²) in [4.78, 5) is 21.5. The first-order valence-corrected chi connectivity index (χ1v) is 56.9. The van der Waals surface area contributed by atoms with Gasteiger partial charge in [-0.2, -0.15) is 0 Å². The highest BCUT2D eigenvalue weighted by atomic mass is 15.2. The van der Waals surface area contributed by atoms with Crippen LogP contribution in [-0.4, -0.2) is 79.2 Å². The third-order valence-electron chi connectivity index (χ3n) is 41.0. The van der Waals surface area contributed by atoms with Gasteiger partial charge in [0.1, 0.15) is 0 Å². The van der Waals surface area contributed by atoms with Gasteiger partial charge in [0.25, 0.3) is 26.9 Å². The van der Waals surface area contributed by atoms with Crippen LogP contribution in [0, 0.1) is 24.7 Å². The molecule has 0 N–H and O–H groups in total. The molecule has 4 aliphatic carbocycles. The summed E-state index contributed by atoms with van der Waals surface area (Å²) in [6.07, 6.45) is 17.8. The molecule has 150 heavy (non-hydrogen) atoms. The molecule has 0 radical (unpaired) electrons. The van der Waals surface area contributed by atoms with Crippen molar-refractivity contribution in [1.82, 2.24) is 0 Å². The minimum Gasteiger partial charge on any atom is -0.342 e. The Labute approximate surface area is 878 Å². The second kappa shape index (κ2) is 29.7. The van der Waals surface area contributed by atoms with Gasteiger partial charge >= 0.3 is 0 Å². The van der Waals surface area contributed by atoms with Gasteiger partial charge in [-0.05, 0) is 398 Å². The van der Waals surface area contributed by atoms with Crippen molar-refractivity contribution in [2.45, 2.75) is 148 Å². The van der Waals surface area contributed by atoms with E-state index in [1.165, 1.54) is 270 Å². The molecule has 0 atom stereocenters. The zero-order valence-electron chi connectivity index (χ0n) is 86.5. The van der Waals surface area contributed by atoms with Gasteiger partial charge in [-0.3, -0.25) is 0 Å². The number of hydrogen-bond donors (Lipinski definition) is 0. The predicted octanol–water partition coefficient (Wildman–Crippen LogP) is 23.3. The van der Waals surface area contributed by atoms with Gasteiger partial charge in [-0.25, -0.2) is 0 Å². The van der Waals surface area contributed by atoms with E-state index in [1.807, 2.05) is 0 Å².